The molecule has 0 amide bonds. The van der Waals surface area contributed by atoms with Crippen molar-refractivity contribution in [2.24, 2.45) is 0 Å². The molecule has 1 aliphatic carbocycles. The fraction of sp³-hybridized carbons (Fsp3) is 0.0513. The number of anilines is 5. The van der Waals surface area contributed by atoms with Gasteiger partial charge in [0.05, 0.1) is 16.7 Å². The van der Waals surface area contributed by atoms with E-state index in [-0.39, 0.29) is 0 Å². The maximum atomic E-state index is 5.26. The SMILES string of the molecule is CN1c2cc(N(c3ccccc3)c3ccccc3)ccc2C2(c3ccccc3-c3ccccc32)n2c1nc1ccccc12. The van der Waals surface area contributed by atoms with Crippen LogP contribution in [0.15, 0.2) is 152 Å². The zero-order valence-corrected chi connectivity index (χ0v) is 23.7. The Balaban J connectivity index is 1.38. The average molecular weight is 553 g/mol. The number of aromatic nitrogens is 2. The molecule has 0 saturated carbocycles. The predicted molar refractivity (Wildman–Crippen MR) is 176 cm³/mol. The lowest BCUT2D eigenvalue weighted by molar-refractivity contribution is 0.530. The minimum Gasteiger partial charge on any atom is -0.315 e. The van der Waals surface area contributed by atoms with E-state index in [1.54, 1.807) is 0 Å². The van der Waals surface area contributed by atoms with Gasteiger partial charge in [-0.15, -0.1) is 0 Å². The quantitative estimate of drug-likeness (QED) is 0.218. The Labute approximate surface area is 250 Å². The number of rotatable bonds is 3. The van der Waals surface area contributed by atoms with Crippen molar-refractivity contribution < 1.29 is 0 Å². The maximum absolute atomic E-state index is 5.26. The normalized spacial score (nSPS) is 13.8. The van der Waals surface area contributed by atoms with Crippen molar-refractivity contribution in [3.05, 3.63) is 168 Å². The molecule has 1 aliphatic heterocycles. The molecular formula is C39H28N4. The summed E-state index contributed by atoms with van der Waals surface area (Å²) < 4.78 is 2.47. The van der Waals surface area contributed by atoms with Crippen LogP contribution < -0.4 is 9.80 Å². The molecule has 4 heteroatoms. The highest BCUT2D eigenvalue weighted by Crippen LogP contribution is 2.60. The minimum absolute atomic E-state index is 0.566. The number of fused-ring (bicyclic) bond motifs is 11. The van der Waals surface area contributed by atoms with Crippen molar-refractivity contribution in [3.63, 3.8) is 0 Å². The predicted octanol–water partition coefficient (Wildman–Crippen LogP) is 9.41. The van der Waals surface area contributed by atoms with Gasteiger partial charge in [0.2, 0.25) is 5.95 Å². The second kappa shape index (κ2) is 8.94. The summed E-state index contributed by atoms with van der Waals surface area (Å²) in [5.74, 6) is 0.934. The van der Waals surface area contributed by atoms with Crippen LogP contribution in [-0.2, 0) is 5.54 Å². The first kappa shape index (κ1) is 24.0. The highest BCUT2D eigenvalue weighted by atomic mass is 15.4. The van der Waals surface area contributed by atoms with Crippen LogP contribution in [0.2, 0.25) is 0 Å². The van der Waals surface area contributed by atoms with E-state index in [4.69, 9.17) is 4.98 Å². The van der Waals surface area contributed by atoms with E-state index in [1.165, 1.54) is 27.8 Å². The number of hydrogen-bond acceptors (Lipinski definition) is 3. The van der Waals surface area contributed by atoms with Crippen LogP contribution in [0, 0.1) is 0 Å². The standard InChI is InChI=1S/C39H28N4/c1-41-37-26-29(42(27-14-4-2-5-15-27)28-16-6-3-7-17-28)24-25-34(37)39(43-36-23-13-12-22-35(36)40-38(41)43)32-20-10-8-18-30(32)31-19-9-11-21-33(31)39/h2-26H,1H3. The van der Waals surface area contributed by atoms with Gasteiger partial charge in [-0.1, -0.05) is 103 Å². The fourth-order valence-corrected chi connectivity index (χ4v) is 7.38. The third-order valence-corrected chi connectivity index (χ3v) is 9.12. The molecule has 0 unspecified atom stereocenters. The fourth-order valence-electron chi connectivity index (χ4n) is 7.38. The molecule has 0 N–H and O–H groups in total. The van der Waals surface area contributed by atoms with Crippen molar-refractivity contribution in [3.8, 4) is 11.1 Å². The maximum Gasteiger partial charge on any atom is 0.212 e. The van der Waals surface area contributed by atoms with E-state index in [1.807, 2.05) is 0 Å². The number of imidazole rings is 1. The smallest absolute Gasteiger partial charge is 0.212 e. The third kappa shape index (κ3) is 3.18. The molecule has 2 aliphatic rings. The van der Waals surface area contributed by atoms with Gasteiger partial charge < -0.3 is 9.80 Å². The molecule has 4 nitrogen and oxygen atoms in total. The summed E-state index contributed by atoms with van der Waals surface area (Å²) in [5, 5.41) is 0. The van der Waals surface area contributed by atoms with Crippen LogP contribution in [0.25, 0.3) is 22.2 Å². The van der Waals surface area contributed by atoms with Crippen molar-refractivity contribution in [1.29, 1.82) is 0 Å². The summed E-state index contributed by atoms with van der Waals surface area (Å²) in [5.41, 5.74) is 12.4. The average Bonchev–Trinajstić information content (AvgIpc) is 3.60. The first-order valence-corrected chi connectivity index (χ1v) is 14.7. The third-order valence-electron chi connectivity index (χ3n) is 9.12. The molecule has 204 valence electrons. The van der Waals surface area contributed by atoms with Crippen LogP contribution in [0.1, 0.15) is 16.7 Å². The topological polar surface area (TPSA) is 24.3 Å². The van der Waals surface area contributed by atoms with E-state index in [9.17, 15) is 0 Å². The van der Waals surface area contributed by atoms with Crippen molar-refractivity contribution in [2.75, 3.05) is 16.8 Å². The van der Waals surface area contributed by atoms with Crippen LogP contribution >= 0.6 is 0 Å². The zero-order chi connectivity index (χ0) is 28.5. The lowest BCUT2D eigenvalue weighted by Crippen LogP contribution is -2.42. The molecular weight excluding hydrogens is 524 g/mol. The first-order valence-electron chi connectivity index (χ1n) is 14.7. The summed E-state index contributed by atoms with van der Waals surface area (Å²) in [4.78, 5) is 9.86. The van der Waals surface area contributed by atoms with Crippen LogP contribution in [0.5, 0.6) is 0 Å². The van der Waals surface area contributed by atoms with E-state index < -0.39 is 5.54 Å². The van der Waals surface area contributed by atoms with Gasteiger partial charge in [-0.3, -0.25) is 4.57 Å². The van der Waals surface area contributed by atoms with Crippen LogP contribution in [0.3, 0.4) is 0 Å². The molecule has 0 bridgehead atoms. The van der Waals surface area contributed by atoms with E-state index in [0.717, 1.165) is 39.7 Å². The molecule has 1 spiro atoms. The van der Waals surface area contributed by atoms with Gasteiger partial charge in [0.1, 0.15) is 5.54 Å². The molecule has 1 aromatic heterocycles. The molecule has 6 aromatic carbocycles. The summed E-state index contributed by atoms with van der Waals surface area (Å²) in [7, 11) is 2.15. The van der Waals surface area contributed by atoms with E-state index in [0.29, 0.717) is 0 Å². The second-order valence-electron chi connectivity index (χ2n) is 11.3. The Morgan fingerprint density at radius 1 is 0.535 bits per heavy atom. The number of benzene rings is 6. The number of hydrogen-bond donors (Lipinski definition) is 0. The zero-order valence-electron chi connectivity index (χ0n) is 23.7. The lowest BCUT2D eigenvalue weighted by atomic mass is 9.77. The molecule has 0 saturated heterocycles. The Hall–Kier alpha value is -5.61. The lowest BCUT2D eigenvalue weighted by Gasteiger charge is -2.44. The van der Waals surface area contributed by atoms with E-state index in [2.05, 4.69) is 173 Å². The minimum atomic E-state index is -0.566. The Morgan fingerprint density at radius 2 is 1.09 bits per heavy atom. The highest BCUT2D eigenvalue weighted by Gasteiger charge is 2.52. The van der Waals surface area contributed by atoms with Crippen LogP contribution in [-0.4, -0.2) is 16.6 Å². The first-order chi connectivity index (χ1) is 21.3. The summed E-state index contributed by atoms with van der Waals surface area (Å²) in [6.45, 7) is 0. The highest BCUT2D eigenvalue weighted by molar-refractivity contribution is 5.93. The number of para-hydroxylation sites is 4. The van der Waals surface area contributed by atoms with Crippen molar-refractivity contribution >= 4 is 39.7 Å². The molecule has 0 atom stereocenters. The Kier molecular flexibility index (Phi) is 5.00. The number of nitrogens with zero attached hydrogens (tertiary/aromatic N) is 4. The summed E-state index contributed by atoms with van der Waals surface area (Å²) in [6, 6.07) is 54.4. The van der Waals surface area contributed by atoms with E-state index >= 15 is 0 Å². The van der Waals surface area contributed by atoms with Gasteiger partial charge in [0.15, 0.2) is 0 Å². The van der Waals surface area contributed by atoms with Crippen LogP contribution in [0.4, 0.5) is 28.7 Å². The van der Waals surface area contributed by atoms with Gasteiger partial charge in [0.25, 0.3) is 0 Å². The second-order valence-corrected chi connectivity index (χ2v) is 11.3. The van der Waals surface area contributed by atoms with Gasteiger partial charge in [-0.25, -0.2) is 4.98 Å². The molecule has 7 aromatic rings. The Morgan fingerprint density at radius 3 is 1.74 bits per heavy atom. The summed E-state index contributed by atoms with van der Waals surface area (Å²) in [6.07, 6.45) is 0. The van der Waals surface area contributed by atoms with Gasteiger partial charge in [-0.05, 0) is 70.8 Å². The molecule has 43 heavy (non-hydrogen) atoms. The molecule has 9 rings (SSSR count). The van der Waals surface area contributed by atoms with Gasteiger partial charge >= 0.3 is 0 Å². The largest absolute Gasteiger partial charge is 0.315 e. The van der Waals surface area contributed by atoms with Gasteiger partial charge in [-0.2, -0.15) is 0 Å². The molecule has 0 fully saturated rings. The van der Waals surface area contributed by atoms with Gasteiger partial charge in [0, 0.05) is 29.7 Å². The Bertz CT molecular complexity index is 2080. The molecule has 2 heterocycles. The summed E-state index contributed by atoms with van der Waals surface area (Å²) >= 11 is 0. The monoisotopic (exact) mass is 552 g/mol. The van der Waals surface area contributed by atoms with Crippen molar-refractivity contribution in [2.45, 2.75) is 5.54 Å². The molecule has 0 radical (unpaired) electrons. The van der Waals surface area contributed by atoms with Crippen molar-refractivity contribution in [1.82, 2.24) is 9.55 Å².